The number of carbonyl (C=O) groups is 1. The molecular weight excluding hydrogens is 406 g/mol. The maximum atomic E-state index is 12.7. The molecule has 146 valence electrons. The van der Waals surface area contributed by atoms with E-state index >= 15 is 0 Å². The van der Waals surface area contributed by atoms with Crippen molar-refractivity contribution in [1.29, 1.82) is 0 Å². The zero-order chi connectivity index (χ0) is 20.2. The van der Waals surface area contributed by atoms with Gasteiger partial charge < -0.3 is 4.90 Å². The summed E-state index contributed by atoms with van der Waals surface area (Å²) in [6.45, 7) is 0. The van der Waals surface area contributed by atoms with Crippen LogP contribution in [0.3, 0.4) is 0 Å². The van der Waals surface area contributed by atoms with Crippen LogP contribution in [0.4, 0.5) is 5.69 Å². The number of carbonyl (C=O) groups excluding carboxylic acids is 1. The molecule has 2 aromatic heterocycles. The summed E-state index contributed by atoms with van der Waals surface area (Å²) >= 11 is 7.39. The number of thioether (sulfide) groups is 1. The van der Waals surface area contributed by atoms with Crippen LogP contribution in [0.25, 0.3) is 11.6 Å². The monoisotopic (exact) mass is 423 g/mol. The highest BCUT2D eigenvalue weighted by Crippen LogP contribution is 2.26. The SMILES string of the molecule is CN(C(=O)CSc1nnc(-n2cccc2)n1-c1ccc(Cl)cc1)c1ccccc1. The lowest BCUT2D eigenvalue weighted by molar-refractivity contribution is -0.115. The number of halogens is 1. The van der Waals surface area contributed by atoms with Crippen LogP contribution in [-0.4, -0.2) is 38.0 Å². The Hall–Kier alpha value is -3.03. The van der Waals surface area contributed by atoms with E-state index in [1.807, 2.05) is 88.3 Å². The summed E-state index contributed by atoms with van der Waals surface area (Å²) in [5.74, 6) is 0.862. The van der Waals surface area contributed by atoms with Gasteiger partial charge in [0.25, 0.3) is 0 Å². The summed E-state index contributed by atoms with van der Waals surface area (Å²) in [6, 6.07) is 20.8. The minimum absolute atomic E-state index is 0.0191. The third kappa shape index (κ3) is 4.21. The van der Waals surface area contributed by atoms with Gasteiger partial charge in [0.2, 0.25) is 11.9 Å². The Kier molecular flexibility index (Phi) is 5.69. The lowest BCUT2D eigenvalue weighted by atomic mass is 10.3. The van der Waals surface area contributed by atoms with E-state index in [0.29, 0.717) is 16.1 Å². The Morgan fingerprint density at radius 1 is 1.00 bits per heavy atom. The first-order valence-electron chi connectivity index (χ1n) is 8.92. The molecule has 6 nitrogen and oxygen atoms in total. The van der Waals surface area contributed by atoms with Crippen molar-refractivity contribution in [2.24, 2.45) is 0 Å². The molecule has 0 bridgehead atoms. The number of hydrogen-bond donors (Lipinski definition) is 0. The van der Waals surface area contributed by atoms with Crippen LogP contribution >= 0.6 is 23.4 Å². The van der Waals surface area contributed by atoms with Gasteiger partial charge in [-0.3, -0.25) is 13.9 Å². The zero-order valence-corrected chi connectivity index (χ0v) is 17.2. The quantitative estimate of drug-likeness (QED) is 0.429. The highest BCUT2D eigenvalue weighted by molar-refractivity contribution is 7.99. The summed E-state index contributed by atoms with van der Waals surface area (Å²) in [5, 5.41) is 9.94. The van der Waals surface area contributed by atoms with E-state index < -0.39 is 0 Å². The van der Waals surface area contributed by atoms with E-state index in [0.717, 1.165) is 11.4 Å². The van der Waals surface area contributed by atoms with E-state index in [9.17, 15) is 4.79 Å². The number of para-hydroxylation sites is 1. The van der Waals surface area contributed by atoms with Gasteiger partial charge in [0.05, 0.1) is 11.4 Å². The van der Waals surface area contributed by atoms with Crippen LogP contribution in [0.2, 0.25) is 5.02 Å². The summed E-state index contributed by atoms with van der Waals surface area (Å²) < 4.78 is 3.79. The first-order chi connectivity index (χ1) is 14.1. The highest BCUT2D eigenvalue weighted by Gasteiger charge is 2.18. The molecule has 4 aromatic rings. The second kappa shape index (κ2) is 8.55. The lowest BCUT2D eigenvalue weighted by Gasteiger charge is -2.17. The molecule has 0 unspecified atom stereocenters. The van der Waals surface area contributed by atoms with Gasteiger partial charge >= 0.3 is 0 Å². The van der Waals surface area contributed by atoms with Gasteiger partial charge in [-0.25, -0.2) is 0 Å². The number of rotatable bonds is 6. The van der Waals surface area contributed by atoms with Crippen molar-refractivity contribution in [3.63, 3.8) is 0 Å². The number of amides is 1. The fraction of sp³-hybridized carbons (Fsp3) is 0.0952. The molecule has 0 saturated carbocycles. The average Bonchev–Trinajstić information content (AvgIpc) is 3.42. The van der Waals surface area contributed by atoms with Gasteiger partial charge in [-0.1, -0.05) is 41.6 Å². The van der Waals surface area contributed by atoms with Crippen molar-refractivity contribution in [2.75, 3.05) is 17.7 Å². The molecule has 0 aliphatic carbocycles. The largest absolute Gasteiger partial charge is 0.315 e. The molecule has 0 aliphatic rings. The van der Waals surface area contributed by atoms with E-state index in [4.69, 9.17) is 11.6 Å². The second-order valence-corrected chi connectivity index (χ2v) is 7.64. The molecule has 0 atom stereocenters. The number of aromatic nitrogens is 4. The Balaban J connectivity index is 1.60. The van der Waals surface area contributed by atoms with Gasteiger partial charge in [0.15, 0.2) is 5.16 Å². The first kappa shape index (κ1) is 19.3. The van der Waals surface area contributed by atoms with Crippen molar-refractivity contribution in [3.8, 4) is 11.6 Å². The van der Waals surface area contributed by atoms with Crippen molar-refractivity contribution in [3.05, 3.63) is 84.1 Å². The molecule has 4 rings (SSSR count). The van der Waals surface area contributed by atoms with Gasteiger partial charge in [-0.15, -0.1) is 10.2 Å². The standard InChI is InChI=1S/C21H18ClN5OS/c1-25(17-7-3-2-4-8-17)19(28)15-29-21-24-23-20(26-13-5-6-14-26)27(21)18-11-9-16(22)10-12-18/h2-14H,15H2,1H3. The Labute approximate surface area is 177 Å². The van der Waals surface area contributed by atoms with E-state index in [1.165, 1.54) is 11.8 Å². The van der Waals surface area contributed by atoms with E-state index in [1.54, 1.807) is 11.9 Å². The number of anilines is 1. The van der Waals surface area contributed by atoms with E-state index in [2.05, 4.69) is 10.2 Å². The second-order valence-electron chi connectivity index (χ2n) is 6.26. The Morgan fingerprint density at radius 2 is 1.69 bits per heavy atom. The molecule has 2 heterocycles. The van der Waals surface area contributed by atoms with Gasteiger partial charge in [0.1, 0.15) is 0 Å². The third-order valence-corrected chi connectivity index (χ3v) is 5.54. The van der Waals surface area contributed by atoms with Crippen LogP contribution in [0, 0.1) is 0 Å². The minimum atomic E-state index is -0.0191. The summed E-state index contributed by atoms with van der Waals surface area (Å²) in [6.07, 6.45) is 3.80. The Morgan fingerprint density at radius 3 is 2.38 bits per heavy atom. The van der Waals surface area contributed by atoms with Crippen molar-refractivity contribution in [1.82, 2.24) is 19.3 Å². The average molecular weight is 424 g/mol. The molecule has 0 aliphatic heterocycles. The van der Waals surface area contributed by atoms with Gasteiger partial charge in [-0.2, -0.15) is 0 Å². The topological polar surface area (TPSA) is 56.0 Å². The molecule has 29 heavy (non-hydrogen) atoms. The Bertz CT molecular complexity index is 1090. The molecule has 0 radical (unpaired) electrons. The van der Waals surface area contributed by atoms with Crippen LogP contribution in [0.5, 0.6) is 0 Å². The van der Waals surface area contributed by atoms with Crippen LogP contribution < -0.4 is 4.90 Å². The molecule has 1 amide bonds. The summed E-state index contributed by atoms with van der Waals surface area (Å²) in [7, 11) is 1.77. The number of benzene rings is 2. The molecule has 0 fully saturated rings. The summed E-state index contributed by atoms with van der Waals surface area (Å²) in [5.41, 5.74) is 1.72. The lowest BCUT2D eigenvalue weighted by Crippen LogP contribution is -2.27. The predicted octanol–water partition coefficient (Wildman–Crippen LogP) is 4.47. The fourth-order valence-electron chi connectivity index (χ4n) is 2.83. The van der Waals surface area contributed by atoms with Crippen molar-refractivity contribution >= 4 is 35.0 Å². The predicted molar refractivity (Wildman–Crippen MR) is 116 cm³/mol. The first-order valence-corrected chi connectivity index (χ1v) is 10.3. The summed E-state index contributed by atoms with van der Waals surface area (Å²) in [4.78, 5) is 14.3. The highest BCUT2D eigenvalue weighted by atomic mass is 35.5. The third-order valence-electron chi connectivity index (χ3n) is 4.38. The smallest absolute Gasteiger partial charge is 0.240 e. The molecule has 0 N–H and O–H groups in total. The minimum Gasteiger partial charge on any atom is -0.315 e. The molecular formula is C21H18ClN5OS. The maximum Gasteiger partial charge on any atom is 0.240 e. The fourth-order valence-corrected chi connectivity index (χ4v) is 3.81. The van der Waals surface area contributed by atoms with Crippen LogP contribution in [0.15, 0.2) is 84.3 Å². The van der Waals surface area contributed by atoms with Crippen LogP contribution in [-0.2, 0) is 4.79 Å². The molecule has 2 aromatic carbocycles. The number of nitrogens with zero attached hydrogens (tertiary/aromatic N) is 5. The maximum absolute atomic E-state index is 12.7. The van der Waals surface area contributed by atoms with Gasteiger partial charge in [-0.05, 0) is 48.5 Å². The molecule has 0 saturated heterocycles. The normalized spacial score (nSPS) is 10.8. The van der Waals surface area contributed by atoms with E-state index in [-0.39, 0.29) is 11.7 Å². The number of hydrogen-bond acceptors (Lipinski definition) is 4. The van der Waals surface area contributed by atoms with Gasteiger partial charge in [0, 0.05) is 30.2 Å². The molecule has 8 heteroatoms. The van der Waals surface area contributed by atoms with Crippen LogP contribution in [0.1, 0.15) is 0 Å². The molecule has 0 spiro atoms. The zero-order valence-electron chi connectivity index (χ0n) is 15.6. The van der Waals surface area contributed by atoms with Crippen molar-refractivity contribution < 1.29 is 4.79 Å². The van der Waals surface area contributed by atoms with Crippen molar-refractivity contribution in [2.45, 2.75) is 5.16 Å².